The number of ether oxygens (including phenoxy) is 1. The smallest absolute Gasteiger partial charge is 0.408 e. The molecular formula is C30H49N3O4. The number of benzene rings is 1. The molecule has 1 saturated carbocycles. The highest BCUT2D eigenvalue weighted by molar-refractivity contribution is 5.92. The molecule has 2 atom stereocenters. The highest BCUT2D eigenvalue weighted by Gasteiger charge is 2.38. The Labute approximate surface area is 224 Å². The molecule has 1 aliphatic carbocycles. The van der Waals surface area contributed by atoms with Crippen LogP contribution in [0.25, 0.3) is 0 Å². The van der Waals surface area contributed by atoms with Gasteiger partial charge in [-0.1, -0.05) is 77.1 Å². The van der Waals surface area contributed by atoms with Crippen molar-refractivity contribution in [2.75, 3.05) is 6.54 Å². The molecule has 208 valence electrons. The van der Waals surface area contributed by atoms with Crippen LogP contribution in [0.1, 0.15) is 110 Å². The summed E-state index contributed by atoms with van der Waals surface area (Å²) < 4.78 is 5.46. The summed E-state index contributed by atoms with van der Waals surface area (Å²) in [5.41, 5.74) is 1.10. The lowest BCUT2D eigenvalue weighted by atomic mass is 9.93. The summed E-state index contributed by atoms with van der Waals surface area (Å²) in [4.78, 5) is 42.5. The second-order valence-electron chi connectivity index (χ2n) is 11.7. The number of nitrogens with zero attached hydrogens (tertiary/aromatic N) is 1. The maximum Gasteiger partial charge on any atom is 0.408 e. The molecule has 0 aliphatic heterocycles. The third kappa shape index (κ3) is 9.67. The van der Waals surface area contributed by atoms with Crippen LogP contribution in [0.3, 0.4) is 0 Å². The fraction of sp³-hybridized carbons (Fsp3) is 0.700. The number of unbranched alkanes of at least 4 members (excludes halogenated alkanes) is 2. The maximum absolute atomic E-state index is 14.2. The molecule has 1 aromatic carbocycles. The van der Waals surface area contributed by atoms with Crippen molar-refractivity contribution in [1.82, 2.24) is 15.5 Å². The molecule has 2 rings (SSSR count). The van der Waals surface area contributed by atoms with Crippen LogP contribution < -0.4 is 10.6 Å². The molecule has 1 fully saturated rings. The minimum absolute atomic E-state index is 0.126. The quantitative estimate of drug-likeness (QED) is 0.351. The molecule has 37 heavy (non-hydrogen) atoms. The average molecular weight is 516 g/mol. The molecule has 0 heterocycles. The van der Waals surface area contributed by atoms with Crippen LogP contribution in [0.15, 0.2) is 24.3 Å². The van der Waals surface area contributed by atoms with E-state index in [2.05, 4.69) is 17.6 Å². The van der Waals surface area contributed by atoms with Gasteiger partial charge in [-0.2, -0.15) is 0 Å². The van der Waals surface area contributed by atoms with E-state index < -0.39 is 23.8 Å². The van der Waals surface area contributed by atoms with Crippen molar-refractivity contribution in [2.45, 2.75) is 124 Å². The predicted octanol–water partition coefficient (Wildman–Crippen LogP) is 6.05. The van der Waals surface area contributed by atoms with E-state index in [-0.39, 0.29) is 23.8 Å². The fourth-order valence-corrected chi connectivity index (χ4v) is 4.90. The molecule has 0 spiro atoms. The van der Waals surface area contributed by atoms with Crippen molar-refractivity contribution in [3.05, 3.63) is 35.4 Å². The summed E-state index contributed by atoms with van der Waals surface area (Å²) in [7, 11) is 0. The Kier molecular flexibility index (Phi) is 11.9. The molecule has 0 saturated heterocycles. The lowest BCUT2D eigenvalue weighted by molar-refractivity contribution is -0.143. The monoisotopic (exact) mass is 515 g/mol. The summed E-state index contributed by atoms with van der Waals surface area (Å²) in [6.45, 7) is 13.7. The van der Waals surface area contributed by atoms with Gasteiger partial charge in [0.2, 0.25) is 11.8 Å². The van der Waals surface area contributed by atoms with Crippen molar-refractivity contribution in [1.29, 1.82) is 0 Å². The molecule has 3 amide bonds. The van der Waals surface area contributed by atoms with E-state index in [1.165, 1.54) is 6.42 Å². The number of hydrogen-bond acceptors (Lipinski definition) is 4. The van der Waals surface area contributed by atoms with Gasteiger partial charge in [-0.25, -0.2) is 4.79 Å². The minimum Gasteiger partial charge on any atom is -0.444 e. The predicted molar refractivity (Wildman–Crippen MR) is 148 cm³/mol. The van der Waals surface area contributed by atoms with E-state index in [1.54, 1.807) is 25.7 Å². The first kappa shape index (κ1) is 30.7. The van der Waals surface area contributed by atoms with Gasteiger partial charge in [0, 0.05) is 12.6 Å². The van der Waals surface area contributed by atoms with Crippen LogP contribution in [-0.4, -0.2) is 47.0 Å². The highest BCUT2D eigenvalue weighted by atomic mass is 16.6. The Morgan fingerprint density at radius 3 is 2.27 bits per heavy atom. The van der Waals surface area contributed by atoms with Crippen molar-refractivity contribution in [2.24, 2.45) is 5.92 Å². The van der Waals surface area contributed by atoms with Gasteiger partial charge in [0.05, 0.1) is 0 Å². The van der Waals surface area contributed by atoms with Gasteiger partial charge in [-0.15, -0.1) is 0 Å². The first-order valence-electron chi connectivity index (χ1n) is 14.1. The number of carbonyl (C=O) groups excluding carboxylic acids is 3. The lowest BCUT2D eigenvalue weighted by Gasteiger charge is -2.37. The molecule has 2 N–H and O–H groups in total. The zero-order valence-electron chi connectivity index (χ0n) is 24.1. The topological polar surface area (TPSA) is 87.7 Å². The number of alkyl carbamates (subject to hydrolysis) is 1. The van der Waals surface area contributed by atoms with Gasteiger partial charge in [0.1, 0.15) is 17.7 Å². The summed E-state index contributed by atoms with van der Waals surface area (Å²) in [5.74, 6) is -0.595. The molecule has 0 bridgehead atoms. The number of aryl methyl sites for hydroxylation is 1. The van der Waals surface area contributed by atoms with E-state index in [4.69, 9.17) is 4.74 Å². The Balaban J connectivity index is 2.45. The zero-order valence-corrected chi connectivity index (χ0v) is 24.1. The number of carbonyl (C=O) groups is 3. The SMILES string of the molecule is CCCCCN(C(=O)C(NC(=O)OC(C)(C)C)C(C)C)C(C(=O)NC1CCCCC1)c1ccccc1C. The van der Waals surface area contributed by atoms with Crippen LogP contribution in [0, 0.1) is 12.8 Å². The molecule has 0 aromatic heterocycles. The molecule has 7 nitrogen and oxygen atoms in total. The van der Waals surface area contributed by atoms with Crippen molar-refractivity contribution in [3.63, 3.8) is 0 Å². The van der Waals surface area contributed by atoms with Gasteiger partial charge in [-0.05, 0) is 64.0 Å². The fourth-order valence-electron chi connectivity index (χ4n) is 4.90. The summed E-state index contributed by atoms with van der Waals surface area (Å²) in [6, 6.07) is 6.31. The van der Waals surface area contributed by atoms with Crippen molar-refractivity contribution >= 4 is 17.9 Å². The maximum atomic E-state index is 14.2. The second kappa shape index (κ2) is 14.4. The molecule has 1 aromatic rings. The third-order valence-electron chi connectivity index (χ3n) is 6.89. The Morgan fingerprint density at radius 1 is 1.05 bits per heavy atom. The van der Waals surface area contributed by atoms with Crippen molar-refractivity contribution in [3.8, 4) is 0 Å². The summed E-state index contributed by atoms with van der Waals surface area (Å²) in [6.07, 6.45) is 7.42. The highest BCUT2D eigenvalue weighted by Crippen LogP contribution is 2.28. The summed E-state index contributed by atoms with van der Waals surface area (Å²) in [5, 5.41) is 6.07. The van der Waals surface area contributed by atoms with E-state index in [9.17, 15) is 14.4 Å². The zero-order chi connectivity index (χ0) is 27.6. The van der Waals surface area contributed by atoms with Crippen LogP contribution in [0.4, 0.5) is 4.79 Å². The van der Waals surface area contributed by atoms with E-state index in [0.717, 1.165) is 56.1 Å². The molecule has 1 aliphatic rings. The van der Waals surface area contributed by atoms with Gasteiger partial charge in [0.25, 0.3) is 0 Å². The van der Waals surface area contributed by atoms with E-state index in [0.29, 0.717) is 6.54 Å². The first-order valence-corrected chi connectivity index (χ1v) is 14.1. The van der Waals surface area contributed by atoms with Gasteiger partial charge >= 0.3 is 6.09 Å². The number of amides is 3. The minimum atomic E-state index is -0.814. The van der Waals surface area contributed by atoms with Crippen LogP contribution in [-0.2, 0) is 14.3 Å². The number of hydrogen-bond donors (Lipinski definition) is 2. The largest absolute Gasteiger partial charge is 0.444 e. The van der Waals surface area contributed by atoms with Gasteiger partial charge in [0.15, 0.2) is 0 Å². The van der Waals surface area contributed by atoms with Crippen LogP contribution in [0.2, 0.25) is 0 Å². The second-order valence-corrected chi connectivity index (χ2v) is 11.7. The number of nitrogens with one attached hydrogen (secondary N) is 2. The number of rotatable bonds is 11. The molecule has 2 unspecified atom stereocenters. The van der Waals surface area contributed by atoms with Crippen LogP contribution >= 0.6 is 0 Å². The average Bonchev–Trinajstić information content (AvgIpc) is 2.82. The molecule has 0 radical (unpaired) electrons. The first-order chi connectivity index (χ1) is 17.4. The Hall–Kier alpha value is -2.57. The molecule has 7 heteroatoms. The van der Waals surface area contributed by atoms with Crippen molar-refractivity contribution < 1.29 is 19.1 Å². The third-order valence-corrected chi connectivity index (χ3v) is 6.89. The Bertz CT molecular complexity index is 887. The van der Waals surface area contributed by atoms with E-state index in [1.807, 2.05) is 45.0 Å². The Morgan fingerprint density at radius 2 is 1.70 bits per heavy atom. The van der Waals surface area contributed by atoms with Crippen LogP contribution in [0.5, 0.6) is 0 Å². The van der Waals surface area contributed by atoms with Gasteiger partial charge < -0.3 is 20.3 Å². The summed E-state index contributed by atoms with van der Waals surface area (Å²) >= 11 is 0. The van der Waals surface area contributed by atoms with E-state index >= 15 is 0 Å². The standard InChI is InChI=1S/C30H49N3O4/c1-8-9-15-20-33(28(35)25(21(2)3)32-29(36)37-30(5,6)7)26(24-19-14-13-16-22(24)4)27(34)31-23-17-11-10-12-18-23/h13-14,16,19,21,23,25-26H,8-12,15,17-18,20H2,1-7H3,(H,31,34)(H,32,36). The normalized spacial score (nSPS) is 16.1. The van der Waals surface area contributed by atoms with Gasteiger partial charge in [-0.3, -0.25) is 9.59 Å². The molecular weight excluding hydrogens is 466 g/mol. The lowest BCUT2D eigenvalue weighted by Crippen LogP contribution is -2.55.